The highest BCUT2D eigenvalue weighted by molar-refractivity contribution is 6.12. The van der Waals surface area contributed by atoms with Crippen LogP contribution in [0.3, 0.4) is 0 Å². The maximum atomic E-state index is 13.2. The number of fused-ring (bicyclic) bond motifs is 6. The summed E-state index contributed by atoms with van der Waals surface area (Å²) in [5.41, 5.74) is 1.40. The molecule has 1 aromatic heterocycles. The number of benzene rings is 1. The van der Waals surface area contributed by atoms with E-state index < -0.39 is 11.2 Å². The van der Waals surface area contributed by atoms with Crippen molar-refractivity contribution < 1.29 is 18.7 Å². The fourth-order valence-electron chi connectivity index (χ4n) is 3.82. The van der Waals surface area contributed by atoms with Gasteiger partial charge in [0.15, 0.2) is 11.4 Å². The summed E-state index contributed by atoms with van der Waals surface area (Å²) < 4.78 is 18.0. The minimum absolute atomic E-state index is 0.00153. The van der Waals surface area contributed by atoms with Crippen LogP contribution in [0.25, 0.3) is 17.0 Å². The first-order valence-electron chi connectivity index (χ1n) is 9.49. The lowest BCUT2D eigenvalue weighted by Gasteiger charge is -2.35. The molecule has 2 atom stereocenters. The second kappa shape index (κ2) is 5.98. The highest BCUT2D eigenvalue weighted by atomic mass is 16.5. The van der Waals surface area contributed by atoms with Crippen molar-refractivity contribution in [3.8, 4) is 11.5 Å². The molecule has 5 nitrogen and oxygen atoms in total. The summed E-state index contributed by atoms with van der Waals surface area (Å²) in [6.07, 6.45) is 5.10. The second-order valence-corrected chi connectivity index (χ2v) is 8.01. The van der Waals surface area contributed by atoms with Gasteiger partial charge in [-0.05, 0) is 44.9 Å². The molecule has 0 saturated carbocycles. The number of rotatable bonds is 2. The Balaban J connectivity index is 2.18. The normalized spacial score (nSPS) is 22.8. The summed E-state index contributed by atoms with van der Waals surface area (Å²) in [5, 5.41) is 0.713. The zero-order valence-corrected chi connectivity index (χ0v) is 16.3. The Bertz CT molecular complexity index is 1040. The third-order valence-corrected chi connectivity index (χ3v) is 5.42. The third kappa shape index (κ3) is 2.68. The maximum Gasteiger partial charge on any atom is 0.336 e. The van der Waals surface area contributed by atoms with Gasteiger partial charge in [-0.3, -0.25) is 4.79 Å². The van der Waals surface area contributed by atoms with Gasteiger partial charge in [-0.25, -0.2) is 4.79 Å². The topological polar surface area (TPSA) is 65.7 Å². The third-order valence-electron chi connectivity index (χ3n) is 5.42. The number of ether oxygens (including phenoxy) is 2. The Labute approximate surface area is 158 Å². The summed E-state index contributed by atoms with van der Waals surface area (Å²) in [5.74, 6) is 0.659. The molecule has 0 spiro atoms. The van der Waals surface area contributed by atoms with E-state index in [1.807, 2.05) is 46.8 Å². The van der Waals surface area contributed by atoms with Crippen molar-refractivity contribution in [2.45, 2.75) is 59.2 Å². The number of ketones is 1. The molecule has 2 aliphatic heterocycles. The quantitative estimate of drug-likeness (QED) is 0.729. The van der Waals surface area contributed by atoms with Crippen LogP contribution in [0.4, 0.5) is 0 Å². The van der Waals surface area contributed by atoms with Crippen LogP contribution in [0.5, 0.6) is 11.5 Å². The molecule has 0 aliphatic carbocycles. The lowest BCUT2D eigenvalue weighted by molar-refractivity contribution is 0.0715. The van der Waals surface area contributed by atoms with E-state index in [0.717, 1.165) is 12.0 Å². The predicted octanol–water partition coefficient (Wildman–Crippen LogP) is 4.53. The van der Waals surface area contributed by atoms with E-state index in [2.05, 4.69) is 0 Å². The second-order valence-electron chi connectivity index (χ2n) is 8.01. The fourth-order valence-corrected chi connectivity index (χ4v) is 3.82. The van der Waals surface area contributed by atoms with Gasteiger partial charge in [0, 0.05) is 6.07 Å². The molecule has 1 aromatic carbocycles. The number of hydrogen-bond donors (Lipinski definition) is 0. The maximum absolute atomic E-state index is 13.2. The van der Waals surface area contributed by atoms with Crippen LogP contribution in [0.1, 0.15) is 62.5 Å². The molecule has 0 fully saturated rings. The first-order valence-corrected chi connectivity index (χ1v) is 9.49. The van der Waals surface area contributed by atoms with Crippen molar-refractivity contribution >= 4 is 22.8 Å². The fraction of sp³-hybridized carbons (Fsp3) is 0.455. The minimum Gasteiger partial charge on any atom is -0.488 e. The number of carbonyl (C=O) groups excluding carboxylic acids is 1. The van der Waals surface area contributed by atoms with Crippen LogP contribution >= 0.6 is 0 Å². The van der Waals surface area contributed by atoms with Gasteiger partial charge in [0.2, 0.25) is 0 Å². The number of hydrogen-bond acceptors (Lipinski definition) is 5. The summed E-state index contributed by atoms with van der Waals surface area (Å²) in [4.78, 5) is 25.4. The average Bonchev–Trinajstić information content (AvgIpc) is 2.58. The number of carbonyl (C=O) groups is 1. The summed E-state index contributed by atoms with van der Waals surface area (Å²) in [6, 6.07) is 1.51. The van der Waals surface area contributed by atoms with Crippen LogP contribution in [0.2, 0.25) is 0 Å². The van der Waals surface area contributed by atoms with Gasteiger partial charge in [0.1, 0.15) is 28.8 Å². The van der Waals surface area contributed by atoms with Gasteiger partial charge >= 0.3 is 5.63 Å². The molecule has 4 rings (SSSR count). The van der Waals surface area contributed by atoms with E-state index in [-0.39, 0.29) is 17.8 Å². The molecular weight excluding hydrogens is 344 g/mol. The van der Waals surface area contributed by atoms with E-state index in [0.29, 0.717) is 40.0 Å². The average molecular weight is 368 g/mol. The van der Waals surface area contributed by atoms with Gasteiger partial charge < -0.3 is 13.9 Å². The molecule has 0 N–H and O–H groups in total. The molecule has 3 heterocycles. The molecule has 0 saturated heterocycles. The van der Waals surface area contributed by atoms with Crippen LogP contribution in [0.15, 0.2) is 21.4 Å². The van der Waals surface area contributed by atoms with E-state index in [4.69, 9.17) is 13.9 Å². The molecular formula is C22H24O5. The minimum atomic E-state index is -0.567. The van der Waals surface area contributed by atoms with Gasteiger partial charge in [0.25, 0.3) is 0 Å². The molecule has 2 unspecified atom stereocenters. The Morgan fingerprint density at radius 3 is 2.59 bits per heavy atom. The predicted molar refractivity (Wildman–Crippen MR) is 104 cm³/mol. The highest BCUT2D eigenvalue weighted by Crippen LogP contribution is 2.49. The van der Waals surface area contributed by atoms with Gasteiger partial charge in [-0.15, -0.1) is 0 Å². The van der Waals surface area contributed by atoms with Gasteiger partial charge in [-0.2, -0.15) is 0 Å². The molecule has 0 amide bonds. The van der Waals surface area contributed by atoms with Crippen LogP contribution in [-0.4, -0.2) is 17.5 Å². The number of aryl methyl sites for hydroxylation is 1. The molecule has 142 valence electrons. The lowest BCUT2D eigenvalue weighted by atomic mass is 9.85. The molecule has 2 aromatic rings. The van der Waals surface area contributed by atoms with Crippen LogP contribution in [-0.2, 0) is 6.42 Å². The summed E-state index contributed by atoms with van der Waals surface area (Å²) >= 11 is 0. The molecule has 2 aliphatic rings. The number of Topliss-reactive ketones (excluding diaryl/α,β-unsaturated/α-hetero) is 1. The largest absolute Gasteiger partial charge is 0.488 e. The lowest BCUT2D eigenvalue weighted by Crippen LogP contribution is -2.36. The van der Waals surface area contributed by atoms with Crippen molar-refractivity contribution in [2.24, 2.45) is 5.92 Å². The molecule has 0 radical (unpaired) electrons. The standard InChI is InChI=1S/C22H24O5/c1-6-7-13-10-15(23)26-19-14-8-9-22(4,5)27-20(14)17-18(24)11(2)12(3)25-21(17)16(13)19/h8-12H,6-7H2,1-5H3. The summed E-state index contributed by atoms with van der Waals surface area (Å²) in [6.45, 7) is 9.65. The molecule has 5 heteroatoms. The molecule has 27 heavy (non-hydrogen) atoms. The van der Waals surface area contributed by atoms with Crippen molar-refractivity contribution in [3.63, 3.8) is 0 Å². The van der Waals surface area contributed by atoms with Gasteiger partial charge in [0.05, 0.1) is 16.9 Å². The highest BCUT2D eigenvalue weighted by Gasteiger charge is 2.40. The smallest absolute Gasteiger partial charge is 0.336 e. The first kappa shape index (κ1) is 17.8. The van der Waals surface area contributed by atoms with E-state index >= 15 is 0 Å². The zero-order chi connectivity index (χ0) is 19.5. The van der Waals surface area contributed by atoms with Crippen molar-refractivity contribution in [3.05, 3.63) is 39.3 Å². The van der Waals surface area contributed by atoms with E-state index in [9.17, 15) is 9.59 Å². The Morgan fingerprint density at radius 1 is 1.15 bits per heavy atom. The molecule has 0 bridgehead atoms. The van der Waals surface area contributed by atoms with E-state index in [1.165, 1.54) is 6.07 Å². The van der Waals surface area contributed by atoms with Crippen LogP contribution in [0, 0.1) is 5.92 Å². The summed E-state index contributed by atoms with van der Waals surface area (Å²) in [7, 11) is 0. The first-order chi connectivity index (χ1) is 12.7. The van der Waals surface area contributed by atoms with Gasteiger partial charge in [-0.1, -0.05) is 20.3 Å². The van der Waals surface area contributed by atoms with Crippen molar-refractivity contribution in [1.29, 1.82) is 0 Å². The Morgan fingerprint density at radius 2 is 1.89 bits per heavy atom. The van der Waals surface area contributed by atoms with E-state index in [1.54, 1.807) is 0 Å². The Kier molecular flexibility index (Phi) is 3.95. The zero-order valence-electron chi connectivity index (χ0n) is 16.3. The van der Waals surface area contributed by atoms with Crippen molar-refractivity contribution in [1.82, 2.24) is 0 Å². The SMILES string of the molecule is CCCc1cc(=O)oc2c3c(c4c(c12)OC(C)C(C)C4=O)OC(C)(C)C=C3. The monoisotopic (exact) mass is 368 g/mol. The van der Waals surface area contributed by atoms with Crippen molar-refractivity contribution in [2.75, 3.05) is 0 Å². The Hall–Kier alpha value is -2.56. The van der Waals surface area contributed by atoms with Crippen LogP contribution < -0.4 is 15.1 Å².